The minimum Gasteiger partial charge on any atom is -0.449 e. The lowest BCUT2D eigenvalue weighted by atomic mass is 10.2. The first kappa shape index (κ1) is 21.0. The van der Waals surface area contributed by atoms with Crippen LogP contribution in [-0.4, -0.2) is 43.8 Å². The molecule has 2 aromatic rings. The van der Waals surface area contributed by atoms with E-state index in [0.717, 1.165) is 18.4 Å². The van der Waals surface area contributed by atoms with Crippen LogP contribution in [0.2, 0.25) is 0 Å². The first-order chi connectivity index (χ1) is 13.8. The SMILES string of the molecule is Cc1cccc(NC(=O)[C@@H](C)OC(=O)c2cccc(S(=O)(=O)N3CCCC3)c2)c1. The number of carbonyl (C=O) groups is 2. The Morgan fingerprint density at radius 1 is 1.07 bits per heavy atom. The third kappa shape index (κ3) is 5.02. The number of rotatable bonds is 6. The van der Waals surface area contributed by atoms with E-state index in [1.54, 1.807) is 12.1 Å². The van der Waals surface area contributed by atoms with Gasteiger partial charge in [0.2, 0.25) is 10.0 Å². The van der Waals surface area contributed by atoms with E-state index in [1.807, 2.05) is 19.1 Å². The van der Waals surface area contributed by atoms with Gasteiger partial charge in [-0.3, -0.25) is 4.79 Å². The molecule has 1 saturated heterocycles. The Morgan fingerprint density at radius 2 is 1.76 bits per heavy atom. The van der Waals surface area contributed by atoms with Crippen molar-refractivity contribution in [1.29, 1.82) is 0 Å². The fourth-order valence-corrected chi connectivity index (χ4v) is 4.67. The van der Waals surface area contributed by atoms with E-state index < -0.39 is 28.0 Å². The molecule has 0 saturated carbocycles. The number of benzene rings is 2. The summed E-state index contributed by atoms with van der Waals surface area (Å²) in [6.07, 6.45) is 0.616. The number of carbonyl (C=O) groups excluding carboxylic acids is 2. The Labute approximate surface area is 170 Å². The van der Waals surface area contributed by atoms with E-state index in [1.165, 1.54) is 35.5 Å². The second kappa shape index (κ2) is 8.75. The lowest BCUT2D eigenvalue weighted by Gasteiger charge is -2.16. The number of ether oxygens (including phenoxy) is 1. The van der Waals surface area contributed by atoms with Crippen molar-refractivity contribution >= 4 is 27.6 Å². The molecule has 1 amide bonds. The van der Waals surface area contributed by atoms with Gasteiger partial charge in [0.15, 0.2) is 6.10 Å². The van der Waals surface area contributed by atoms with Crippen LogP contribution in [0.25, 0.3) is 0 Å². The zero-order valence-electron chi connectivity index (χ0n) is 16.4. The van der Waals surface area contributed by atoms with Gasteiger partial charge in [-0.25, -0.2) is 13.2 Å². The molecule has 2 aromatic carbocycles. The van der Waals surface area contributed by atoms with Crippen LogP contribution in [0.1, 0.15) is 35.7 Å². The van der Waals surface area contributed by atoms with E-state index in [9.17, 15) is 18.0 Å². The van der Waals surface area contributed by atoms with Crippen molar-refractivity contribution in [3.63, 3.8) is 0 Å². The monoisotopic (exact) mass is 416 g/mol. The van der Waals surface area contributed by atoms with E-state index in [4.69, 9.17) is 4.74 Å². The van der Waals surface area contributed by atoms with Gasteiger partial charge in [-0.15, -0.1) is 0 Å². The number of nitrogens with zero attached hydrogens (tertiary/aromatic N) is 1. The Kier molecular flexibility index (Phi) is 6.34. The van der Waals surface area contributed by atoms with Gasteiger partial charge in [-0.2, -0.15) is 4.31 Å². The van der Waals surface area contributed by atoms with Crippen molar-refractivity contribution in [3.05, 3.63) is 59.7 Å². The highest BCUT2D eigenvalue weighted by molar-refractivity contribution is 7.89. The van der Waals surface area contributed by atoms with Crippen LogP contribution in [0.15, 0.2) is 53.4 Å². The average molecular weight is 416 g/mol. The standard InChI is InChI=1S/C21H24N2O5S/c1-15-7-5-9-18(13-15)22-20(24)16(2)28-21(25)17-8-6-10-19(14-17)29(26,27)23-11-3-4-12-23/h5-10,13-14,16H,3-4,11-12H2,1-2H3,(H,22,24)/t16-/m1/s1. The summed E-state index contributed by atoms with van der Waals surface area (Å²) in [4.78, 5) is 24.8. The predicted molar refractivity (Wildman–Crippen MR) is 109 cm³/mol. The molecule has 1 aliphatic heterocycles. The van der Waals surface area contributed by atoms with Crippen molar-refractivity contribution in [3.8, 4) is 0 Å². The third-order valence-electron chi connectivity index (χ3n) is 4.71. The Hall–Kier alpha value is -2.71. The average Bonchev–Trinajstić information content (AvgIpc) is 3.23. The Balaban J connectivity index is 1.68. The molecule has 1 fully saturated rings. The number of esters is 1. The van der Waals surface area contributed by atoms with Crippen LogP contribution >= 0.6 is 0 Å². The minimum atomic E-state index is -3.64. The van der Waals surface area contributed by atoms with E-state index >= 15 is 0 Å². The highest BCUT2D eigenvalue weighted by atomic mass is 32.2. The van der Waals surface area contributed by atoms with Crippen molar-refractivity contribution < 1.29 is 22.7 Å². The first-order valence-electron chi connectivity index (χ1n) is 9.46. The van der Waals surface area contributed by atoms with Crippen molar-refractivity contribution in [1.82, 2.24) is 4.31 Å². The van der Waals surface area contributed by atoms with Crippen LogP contribution in [0, 0.1) is 6.92 Å². The molecular weight excluding hydrogens is 392 g/mol. The molecule has 0 bridgehead atoms. The molecule has 7 nitrogen and oxygen atoms in total. The van der Waals surface area contributed by atoms with E-state index in [2.05, 4.69) is 5.32 Å². The van der Waals surface area contributed by atoms with Gasteiger partial charge in [0.25, 0.3) is 5.91 Å². The molecule has 1 aliphatic rings. The summed E-state index contributed by atoms with van der Waals surface area (Å²) in [6, 6.07) is 13.0. The minimum absolute atomic E-state index is 0.0470. The third-order valence-corrected chi connectivity index (χ3v) is 6.61. The maximum atomic E-state index is 12.7. The molecule has 1 N–H and O–H groups in total. The number of nitrogens with one attached hydrogen (secondary N) is 1. The van der Waals surface area contributed by atoms with Gasteiger partial charge in [0, 0.05) is 18.8 Å². The molecule has 0 radical (unpaired) electrons. The van der Waals surface area contributed by atoms with E-state index in [-0.39, 0.29) is 10.5 Å². The summed E-state index contributed by atoms with van der Waals surface area (Å²) in [5.74, 6) is -1.22. The van der Waals surface area contributed by atoms with Crippen molar-refractivity contribution in [2.24, 2.45) is 0 Å². The molecule has 0 spiro atoms. The molecule has 1 heterocycles. The lowest BCUT2D eigenvalue weighted by molar-refractivity contribution is -0.123. The molecule has 0 aliphatic carbocycles. The van der Waals surface area contributed by atoms with Crippen molar-refractivity contribution in [2.75, 3.05) is 18.4 Å². The quantitative estimate of drug-likeness (QED) is 0.731. The summed E-state index contributed by atoms with van der Waals surface area (Å²) in [6.45, 7) is 4.33. The van der Waals surface area contributed by atoms with Crippen LogP contribution < -0.4 is 5.32 Å². The summed E-state index contributed by atoms with van der Waals surface area (Å²) < 4.78 is 32.0. The predicted octanol–water partition coefficient (Wildman–Crippen LogP) is 2.96. The normalized spacial score (nSPS) is 15.7. The van der Waals surface area contributed by atoms with Gasteiger partial charge >= 0.3 is 5.97 Å². The summed E-state index contributed by atoms with van der Waals surface area (Å²) >= 11 is 0. The van der Waals surface area contributed by atoms with Crippen LogP contribution in [0.4, 0.5) is 5.69 Å². The van der Waals surface area contributed by atoms with Crippen molar-refractivity contribution in [2.45, 2.75) is 37.7 Å². The largest absolute Gasteiger partial charge is 0.449 e. The Bertz CT molecular complexity index is 1010. The van der Waals surface area contributed by atoms with Gasteiger partial charge in [0.1, 0.15) is 0 Å². The zero-order valence-corrected chi connectivity index (χ0v) is 17.2. The number of amides is 1. The number of sulfonamides is 1. The Morgan fingerprint density at radius 3 is 2.45 bits per heavy atom. The molecule has 0 aromatic heterocycles. The smallest absolute Gasteiger partial charge is 0.338 e. The van der Waals surface area contributed by atoms with Crippen LogP contribution in [0.3, 0.4) is 0 Å². The zero-order chi connectivity index (χ0) is 21.0. The maximum absolute atomic E-state index is 12.7. The van der Waals surface area contributed by atoms with Gasteiger partial charge in [-0.05, 0) is 62.6 Å². The van der Waals surface area contributed by atoms with E-state index in [0.29, 0.717) is 18.8 Å². The lowest BCUT2D eigenvalue weighted by Crippen LogP contribution is -2.30. The maximum Gasteiger partial charge on any atom is 0.338 e. The van der Waals surface area contributed by atoms with Crippen LogP contribution in [-0.2, 0) is 19.6 Å². The molecule has 1 atom stereocenters. The second-order valence-corrected chi connectivity index (χ2v) is 8.98. The number of hydrogen-bond acceptors (Lipinski definition) is 5. The van der Waals surface area contributed by atoms with Gasteiger partial charge in [-0.1, -0.05) is 18.2 Å². The first-order valence-corrected chi connectivity index (χ1v) is 10.9. The number of aryl methyl sites for hydroxylation is 1. The number of hydrogen-bond donors (Lipinski definition) is 1. The number of anilines is 1. The summed E-state index contributed by atoms with van der Waals surface area (Å²) in [5.41, 5.74) is 1.68. The fourth-order valence-electron chi connectivity index (χ4n) is 3.11. The molecule has 154 valence electrons. The fraction of sp³-hybridized carbons (Fsp3) is 0.333. The highest BCUT2D eigenvalue weighted by Gasteiger charge is 2.28. The van der Waals surface area contributed by atoms with Crippen LogP contribution in [0.5, 0.6) is 0 Å². The molecular formula is C21H24N2O5S. The van der Waals surface area contributed by atoms with Gasteiger partial charge in [0.05, 0.1) is 10.5 Å². The topological polar surface area (TPSA) is 92.8 Å². The van der Waals surface area contributed by atoms with Gasteiger partial charge < -0.3 is 10.1 Å². The second-order valence-electron chi connectivity index (χ2n) is 7.05. The molecule has 0 unspecified atom stereocenters. The summed E-state index contributed by atoms with van der Waals surface area (Å²) in [7, 11) is -3.64. The summed E-state index contributed by atoms with van der Waals surface area (Å²) in [5, 5.41) is 2.69. The molecule has 3 rings (SSSR count). The molecule has 29 heavy (non-hydrogen) atoms. The molecule has 8 heteroatoms. The highest BCUT2D eigenvalue weighted by Crippen LogP contribution is 2.22.